The molecule has 140 valence electrons. The van der Waals surface area contributed by atoms with Gasteiger partial charge in [0.2, 0.25) is 16.9 Å². The van der Waals surface area contributed by atoms with E-state index in [1.807, 2.05) is 0 Å². The molecule has 0 saturated carbocycles. The van der Waals surface area contributed by atoms with Crippen LogP contribution in [0.3, 0.4) is 0 Å². The molecule has 1 aromatic carbocycles. The van der Waals surface area contributed by atoms with Gasteiger partial charge in [-0.2, -0.15) is 4.39 Å². The van der Waals surface area contributed by atoms with Gasteiger partial charge in [0.25, 0.3) is 0 Å². The van der Waals surface area contributed by atoms with Crippen molar-refractivity contribution >= 4 is 22.6 Å². The number of fused-ring (bicyclic) bond motifs is 1. The summed E-state index contributed by atoms with van der Waals surface area (Å²) in [6, 6.07) is 0.864. The molecule has 2 aromatic rings. The van der Waals surface area contributed by atoms with Gasteiger partial charge in [-0.15, -0.1) is 0 Å². The number of quaternary nitrogens is 1. The number of nitrogens with zero attached hydrogens (tertiary/aromatic N) is 2. The van der Waals surface area contributed by atoms with Crippen LogP contribution in [-0.2, 0) is 6.54 Å². The van der Waals surface area contributed by atoms with Crippen LogP contribution in [0.1, 0.15) is 10.4 Å². The third-order valence-corrected chi connectivity index (χ3v) is 4.89. The van der Waals surface area contributed by atoms with Crippen molar-refractivity contribution in [1.29, 1.82) is 0 Å². The number of rotatable bonds is 4. The average molecular weight is 370 g/mol. The number of carbonyl (C=O) groups is 1. The first kappa shape index (κ1) is 18.4. The third kappa shape index (κ3) is 2.86. The number of pyridine rings is 1. The van der Waals surface area contributed by atoms with Gasteiger partial charge >= 0.3 is 5.97 Å². The zero-order valence-electron chi connectivity index (χ0n) is 14.2. The molecule has 0 radical (unpaired) electrons. The molecule has 1 aromatic heterocycles. The minimum absolute atomic E-state index is 0.00883. The summed E-state index contributed by atoms with van der Waals surface area (Å²) in [5, 5.41) is 11.9. The Labute approximate surface area is 147 Å². The fourth-order valence-corrected chi connectivity index (χ4v) is 3.50. The fourth-order valence-electron chi connectivity index (χ4n) is 3.50. The topological polar surface area (TPSA) is 71.3 Å². The van der Waals surface area contributed by atoms with Crippen molar-refractivity contribution in [3.63, 3.8) is 0 Å². The summed E-state index contributed by atoms with van der Waals surface area (Å²) in [5.41, 5.74) is -2.11. The molecule has 0 atom stereocenters. The van der Waals surface area contributed by atoms with Gasteiger partial charge in [-0.1, -0.05) is 0 Å². The summed E-state index contributed by atoms with van der Waals surface area (Å²) >= 11 is 0. The molecule has 26 heavy (non-hydrogen) atoms. The molecular formula is C17H19F3N3O3+. The molecule has 0 spiro atoms. The molecule has 1 aliphatic heterocycles. The van der Waals surface area contributed by atoms with E-state index < -0.39 is 40.7 Å². The van der Waals surface area contributed by atoms with E-state index in [9.17, 15) is 18.4 Å². The lowest BCUT2D eigenvalue weighted by molar-refractivity contribution is 0.0694. The Morgan fingerprint density at radius 2 is 2.00 bits per heavy atom. The molecule has 9 heteroatoms. The van der Waals surface area contributed by atoms with Crippen molar-refractivity contribution in [2.75, 3.05) is 39.9 Å². The van der Waals surface area contributed by atoms with Gasteiger partial charge < -0.3 is 15.0 Å². The van der Waals surface area contributed by atoms with Gasteiger partial charge in [0.1, 0.15) is 12.2 Å². The minimum atomic E-state index is -1.53. The van der Waals surface area contributed by atoms with Gasteiger partial charge in [-0.05, 0) is 6.07 Å². The number of alkyl halides is 1. The number of carboxylic acid groups (broad SMARTS) is 1. The minimum Gasteiger partial charge on any atom is -0.477 e. The molecule has 2 heterocycles. The van der Waals surface area contributed by atoms with Gasteiger partial charge in [0.15, 0.2) is 5.82 Å². The van der Waals surface area contributed by atoms with E-state index >= 15 is 4.39 Å². The molecular weight excluding hydrogens is 351 g/mol. The Hall–Kier alpha value is -2.39. The van der Waals surface area contributed by atoms with Crippen LogP contribution >= 0.6 is 0 Å². The number of carboxylic acids is 1. The molecule has 1 aliphatic rings. The second-order valence-corrected chi connectivity index (χ2v) is 6.57. The number of benzene rings is 1. The summed E-state index contributed by atoms with van der Waals surface area (Å²) in [4.78, 5) is 23.6. The number of piperazine rings is 1. The van der Waals surface area contributed by atoms with E-state index in [0.29, 0.717) is 26.2 Å². The van der Waals surface area contributed by atoms with Crippen molar-refractivity contribution in [3.05, 3.63) is 39.7 Å². The Morgan fingerprint density at radius 1 is 1.35 bits per heavy atom. The molecule has 1 fully saturated rings. The average Bonchev–Trinajstić information content (AvgIpc) is 2.57. The van der Waals surface area contributed by atoms with Crippen molar-refractivity contribution < 1.29 is 23.1 Å². The van der Waals surface area contributed by atoms with Crippen LogP contribution in [0.2, 0.25) is 0 Å². The van der Waals surface area contributed by atoms with E-state index in [1.165, 1.54) is 0 Å². The Bertz CT molecular complexity index is 936. The highest BCUT2D eigenvalue weighted by Gasteiger charge is 2.36. The normalized spacial score (nSPS) is 16.8. The van der Waals surface area contributed by atoms with E-state index in [2.05, 4.69) is 5.32 Å². The quantitative estimate of drug-likeness (QED) is 0.800. The maximum absolute atomic E-state index is 15.4. The van der Waals surface area contributed by atoms with E-state index in [0.717, 1.165) is 16.8 Å². The maximum Gasteiger partial charge on any atom is 0.341 e. The lowest BCUT2D eigenvalue weighted by atomic mass is 10.1. The van der Waals surface area contributed by atoms with Crippen molar-refractivity contribution in [2.24, 2.45) is 0 Å². The second kappa shape index (κ2) is 6.73. The lowest BCUT2D eigenvalue weighted by Gasteiger charge is -2.38. The number of aryl methyl sites for hydroxylation is 1. The molecule has 2 N–H and O–H groups in total. The number of aromatic carboxylic acids is 1. The first-order chi connectivity index (χ1) is 12.3. The Balaban J connectivity index is 2.38. The zero-order valence-corrected chi connectivity index (χ0v) is 14.2. The lowest BCUT2D eigenvalue weighted by Crippen LogP contribution is -2.57. The standard InChI is InChI=1S/C17H18F3N3O3/c1-23(6-3-21-4-7-23)15-12(19)8-10-14(13(15)20)22(5-2-18)9-11(16(10)24)17(25)26/h8-9,21H,2-7H2,1H3/p+1. The largest absolute Gasteiger partial charge is 0.477 e. The molecule has 0 unspecified atom stereocenters. The predicted molar refractivity (Wildman–Crippen MR) is 91.4 cm³/mol. The smallest absolute Gasteiger partial charge is 0.341 e. The first-order valence-electron chi connectivity index (χ1n) is 8.20. The molecule has 0 bridgehead atoms. The summed E-state index contributed by atoms with van der Waals surface area (Å²) in [7, 11) is 1.69. The number of aromatic nitrogens is 1. The summed E-state index contributed by atoms with van der Waals surface area (Å²) in [5.74, 6) is -3.40. The van der Waals surface area contributed by atoms with Gasteiger partial charge in [-0.3, -0.25) is 9.28 Å². The Morgan fingerprint density at radius 3 is 2.58 bits per heavy atom. The summed E-state index contributed by atoms with van der Waals surface area (Å²) < 4.78 is 44.1. The van der Waals surface area contributed by atoms with Gasteiger partial charge in [0, 0.05) is 19.3 Å². The molecule has 0 aliphatic carbocycles. The second-order valence-electron chi connectivity index (χ2n) is 6.57. The highest BCUT2D eigenvalue weighted by atomic mass is 19.1. The molecule has 3 rings (SSSR count). The first-order valence-corrected chi connectivity index (χ1v) is 8.20. The summed E-state index contributed by atoms with van der Waals surface area (Å²) in [6.07, 6.45) is 0.912. The number of likely N-dealkylation sites (N-methyl/N-ethyl adjacent to an activating group) is 1. The van der Waals surface area contributed by atoms with Crippen LogP contribution in [0.25, 0.3) is 10.9 Å². The van der Waals surface area contributed by atoms with Crippen LogP contribution in [0.4, 0.5) is 18.9 Å². The van der Waals surface area contributed by atoms with Crippen molar-refractivity contribution in [3.8, 4) is 0 Å². The van der Waals surface area contributed by atoms with Gasteiger partial charge in [-0.25, -0.2) is 13.6 Å². The third-order valence-electron chi connectivity index (χ3n) is 4.89. The Kier molecular flexibility index (Phi) is 4.76. The molecule has 1 saturated heterocycles. The van der Waals surface area contributed by atoms with E-state index in [-0.39, 0.29) is 22.2 Å². The van der Waals surface area contributed by atoms with Crippen LogP contribution in [-0.4, -0.2) is 55.5 Å². The van der Waals surface area contributed by atoms with Crippen LogP contribution in [0, 0.1) is 11.6 Å². The zero-order chi connectivity index (χ0) is 19.1. The van der Waals surface area contributed by atoms with E-state index in [1.54, 1.807) is 7.05 Å². The van der Waals surface area contributed by atoms with Crippen molar-refractivity contribution in [2.45, 2.75) is 6.54 Å². The molecule has 6 nitrogen and oxygen atoms in total. The number of hydrogen-bond acceptors (Lipinski definition) is 3. The maximum atomic E-state index is 15.4. The predicted octanol–water partition coefficient (Wildman–Crippen LogP) is 1.49. The number of hydrogen-bond donors (Lipinski definition) is 2. The monoisotopic (exact) mass is 370 g/mol. The van der Waals surface area contributed by atoms with Crippen LogP contribution in [0.5, 0.6) is 0 Å². The summed E-state index contributed by atoms with van der Waals surface area (Å²) in [6.45, 7) is 0.800. The highest BCUT2D eigenvalue weighted by molar-refractivity contribution is 5.93. The van der Waals surface area contributed by atoms with Crippen molar-refractivity contribution in [1.82, 2.24) is 14.4 Å². The number of halogens is 3. The SMILES string of the molecule is C[N+]1(c2c(F)cc3c(=O)c(C(=O)O)cn(CCF)c3c2F)CCNCC1. The highest BCUT2D eigenvalue weighted by Crippen LogP contribution is 2.33. The van der Waals surface area contributed by atoms with Gasteiger partial charge in [0.05, 0.1) is 37.6 Å². The van der Waals surface area contributed by atoms with Crippen LogP contribution < -0.4 is 15.2 Å². The van der Waals surface area contributed by atoms with Crippen LogP contribution in [0.15, 0.2) is 17.1 Å². The van der Waals surface area contributed by atoms with E-state index in [4.69, 9.17) is 5.11 Å². The fraction of sp³-hybridized carbons (Fsp3) is 0.412. The number of nitrogens with one attached hydrogen (secondary N) is 1. The molecule has 0 amide bonds.